The van der Waals surface area contributed by atoms with E-state index in [1.165, 1.54) is 0 Å². The van der Waals surface area contributed by atoms with Crippen molar-refractivity contribution in [2.75, 3.05) is 6.61 Å². The van der Waals surface area contributed by atoms with Crippen LogP contribution in [0.3, 0.4) is 0 Å². The molecule has 1 N–H and O–H groups in total. The molecule has 0 spiro atoms. The fraction of sp³-hybridized carbons (Fsp3) is 0.714. The fourth-order valence-electron chi connectivity index (χ4n) is 0.317. The highest BCUT2D eigenvalue weighted by Gasteiger charge is 2.06. The number of hydrogen-bond donors (Lipinski definition) is 1. The molecule has 0 unspecified atom stereocenters. The lowest BCUT2D eigenvalue weighted by Gasteiger charge is -2.18. The van der Waals surface area contributed by atoms with E-state index in [0.717, 1.165) is 0 Å². The summed E-state index contributed by atoms with van der Waals surface area (Å²) in [5.74, 6) is 0. The zero-order chi connectivity index (χ0) is 7.33. The maximum absolute atomic E-state index is 4.98. The van der Waals surface area contributed by atoms with Crippen molar-refractivity contribution in [2.45, 2.75) is 26.3 Å². The molecule has 2 heteroatoms. The predicted molar refractivity (Wildman–Crippen MR) is 39.0 cm³/mol. The third-order valence-electron chi connectivity index (χ3n) is 0.580. The minimum Gasteiger partial charge on any atom is -0.297 e. The predicted octanol–water partition coefficient (Wildman–Crippen LogP) is 1.49. The lowest BCUT2D eigenvalue weighted by atomic mass is 10.1. The van der Waals surface area contributed by atoms with Crippen LogP contribution in [-0.4, -0.2) is 12.1 Å². The number of nitrogens with one attached hydrogen (secondary N) is 1. The van der Waals surface area contributed by atoms with Crippen LogP contribution in [0.25, 0.3) is 0 Å². The van der Waals surface area contributed by atoms with E-state index in [4.69, 9.17) is 4.84 Å². The second-order valence-electron chi connectivity index (χ2n) is 2.95. The lowest BCUT2D eigenvalue weighted by molar-refractivity contribution is 0.0114. The molecule has 54 valence electrons. The molecule has 0 fully saturated rings. The first-order valence-electron chi connectivity index (χ1n) is 3.06. The molecule has 0 atom stereocenters. The van der Waals surface area contributed by atoms with Crippen LogP contribution < -0.4 is 5.48 Å². The van der Waals surface area contributed by atoms with Gasteiger partial charge in [0.2, 0.25) is 0 Å². The highest BCUT2D eigenvalue weighted by molar-refractivity contribution is 4.67. The summed E-state index contributed by atoms with van der Waals surface area (Å²) in [7, 11) is 0. The Balaban J connectivity index is 3.17. The average Bonchev–Trinajstić information content (AvgIpc) is 1.63. The quantitative estimate of drug-likeness (QED) is 0.354. The van der Waals surface area contributed by atoms with Crippen LogP contribution in [-0.2, 0) is 4.84 Å². The second-order valence-corrected chi connectivity index (χ2v) is 2.95. The molecule has 9 heavy (non-hydrogen) atoms. The van der Waals surface area contributed by atoms with Gasteiger partial charge in [-0.1, -0.05) is 6.08 Å². The van der Waals surface area contributed by atoms with Gasteiger partial charge in [-0.15, -0.1) is 6.58 Å². The van der Waals surface area contributed by atoms with E-state index in [9.17, 15) is 0 Å². The summed E-state index contributed by atoms with van der Waals surface area (Å²) in [6.07, 6.45) is 1.71. The van der Waals surface area contributed by atoms with Crippen LogP contribution in [0.15, 0.2) is 12.7 Å². The van der Waals surface area contributed by atoms with E-state index in [1.54, 1.807) is 6.08 Å². The Bertz CT molecular complexity index is 83.4. The van der Waals surface area contributed by atoms with Crippen molar-refractivity contribution in [3.63, 3.8) is 0 Å². The molecule has 0 aliphatic carbocycles. The smallest absolute Gasteiger partial charge is 0.0861 e. The van der Waals surface area contributed by atoms with Crippen LogP contribution in [0.4, 0.5) is 0 Å². The molecule has 0 radical (unpaired) electrons. The summed E-state index contributed by atoms with van der Waals surface area (Å²) < 4.78 is 0. The van der Waals surface area contributed by atoms with Crippen LogP contribution in [0.5, 0.6) is 0 Å². The van der Waals surface area contributed by atoms with Gasteiger partial charge in [0, 0.05) is 5.54 Å². The Morgan fingerprint density at radius 2 is 2.11 bits per heavy atom. The summed E-state index contributed by atoms with van der Waals surface area (Å²) in [5.41, 5.74) is 2.88. The van der Waals surface area contributed by atoms with Gasteiger partial charge in [0.05, 0.1) is 6.61 Å². The van der Waals surface area contributed by atoms with Crippen molar-refractivity contribution in [1.29, 1.82) is 0 Å². The lowest BCUT2D eigenvalue weighted by Crippen LogP contribution is -2.35. The molecular formula is C7H15NO. The topological polar surface area (TPSA) is 21.3 Å². The van der Waals surface area contributed by atoms with Crippen LogP contribution in [0.1, 0.15) is 20.8 Å². The van der Waals surface area contributed by atoms with E-state index in [2.05, 4.69) is 12.1 Å². The molecule has 0 rings (SSSR count). The molecule has 0 aliphatic heterocycles. The van der Waals surface area contributed by atoms with Crippen LogP contribution in [0.2, 0.25) is 0 Å². The van der Waals surface area contributed by atoms with Gasteiger partial charge in [0.25, 0.3) is 0 Å². The highest BCUT2D eigenvalue weighted by Crippen LogP contribution is 1.96. The highest BCUT2D eigenvalue weighted by atomic mass is 16.6. The molecule has 0 amide bonds. The summed E-state index contributed by atoms with van der Waals surface area (Å²) in [5, 5.41) is 0. The molecule has 0 aromatic carbocycles. The minimum absolute atomic E-state index is 0.0308. The first-order chi connectivity index (χ1) is 4.06. The summed E-state index contributed by atoms with van der Waals surface area (Å²) in [6, 6.07) is 0. The monoisotopic (exact) mass is 129 g/mol. The summed E-state index contributed by atoms with van der Waals surface area (Å²) in [4.78, 5) is 4.98. The van der Waals surface area contributed by atoms with Crippen molar-refractivity contribution in [2.24, 2.45) is 0 Å². The Kier molecular flexibility index (Phi) is 3.50. The van der Waals surface area contributed by atoms with Crippen LogP contribution in [0, 0.1) is 0 Å². The zero-order valence-electron chi connectivity index (χ0n) is 6.40. The Hall–Kier alpha value is -0.340. The third-order valence-corrected chi connectivity index (χ3v) is 0.580. The zero-order valence-corrected chi connectivity index (χ0v) is 6.40. The Labute approximate surface area is 56.9 Å². The molecule has 2 nitrogen and oxygen atoms in total. The second kappa shape index (κ2) is 3.64. The van der Waals surface area contributed by atoms with E-state index in [0.29, 0.717) is 6.61 Å². The number of rotatable bonds is 3. The van der Waals surface area contributed by atoms with Crippen LogP contribution >= 0.6 is 0 Å². The standard InChI is InChI=1S/C7H15NO/c1-5-6-9-8-7(2,3)4/h5,8H,1,6H2,2-4H3. The first kappa shape index (κ1) is 8.66. The Morgan fingerprint density at radius 3 is 2.44 bits per heavy atom. The minimum atomic E-state index is 0.0308. The number of hydroxylamine groups is 1. The number of hydrogen-bond acceptors (Lipinski definition) is 2. The van der Waals surface area contributed by atoms with Crippen molar-refractivity contribution in [3.8, 4) is 0 Å². The molecule has 0 bridgehead atoms. The molecular weight excluding hydrogens is 114 g/mol. The maximum Gasteiger partial charge on any atom is 0.0861 e. The summed E-state index contributed by atoms with van der Waals surface area (Å²) >= 11 is 0. The van der Waals surface area contributed by atoms with Crippen molar-refractivity contribution in [1.82, 2.24) is 5.48 Å². The van der Waals surface area contributed by atoms with Crippen molar-refractivity contribution >= 4 is 0 Å². The molecule has 0 aromatic heterocycles. The largest absolute Gasteiger partial charge is 0.297 e. The van der Waals surface area contributed by atoms with Gasteiger partial charge >= 0.3 is 0 Å². The van der Waals surface area contributed by atoms with Gasteiger partial charge in [-0.05, 0) is 20.8 Å². The average molecular weight is 129 g/mol. The first-order valence-corrected chi connectivity index (χ1v) is 3.06. The van der Waals surface area contributed by atoms with E-state index < -0.39 is 0 Å². The van der Waals surface area contributed by atoms with Gasteiger partial charge in [-0.2, -0.15) is 5.48 Å². The third kappa shape index (κ3) is 7.66. The SMILES string of the molecule is C=CCONC(C)(C)C. The molecule has 0 aliphatic rings. The van der Waals surface area contributed by atoms with Gasteiger partial charge in [0.15, 0.2) is 0 Å². The summed E-state index contributed by atoms with van der Waals surface area (Å²) in [6.45, 7) is 10.2. The van der Waals surface area contributed by atoms with Gasteiger partial charge < -0.3 is 0 Å². The Morgan fingerprint density at radius 1 is 1.56 bits per heavy atom. The van der Waals surface area contributed by atoms with Gasteiger partial charge in [-0.3, -0.25) is 4.84 Å². The fourth-order valence-corrected chi connectivity index (χ4v) is 0.317. The van der Waals surface area contributed by atoms with E-state index in [1.807, 2.05) is 20.8 Å². The van der Waals surface area contributed by atoms with E-state index >= 15 is 0 Å². The maximum atomic E-state index is 4.98. The van der Waals surface area contributed by atoms with Gasteiger partial charge in [-0.25, -0.2) is 0 Å². The van der Waals surface area contributed by atoms with Crippen molar-refractivity contribution in [3.05, 3.63) is 12.7 Å². The van der Waals surface area contributed by atoms with Crippen molar-refractivity contribution < 1.29 is 4.84 Å². The normalized spacial score (nSPS) is 11.4. The molecule has 0 saturated carbocycles. The molecule has 0 aromatic rings. The van der Waals surface area contributed by atoms with Gasteiger partial charge in [0.1, 0.15) is 0 Å². The van der Waals surface area contributed by atoms with E-state index in [-0.39, 0.29) is 5.54 Å². The molecule has 0 heterocycles. The molecule has 0 saturated heterocycles.